The summed E-state index contributed by atoms with van der Waals surface area (Å²) in [5.41, 5.74) is 1.63. The summed E-state index contributed by atoms with van der Waals surface area (Å²) in [4.78, 5) is 11.3. The van der Waals surface area contributed by atoms with Crippen molar-refractivity contribution in [2.45, 2.75) is 33.3 Å². The first kappa shape index (κ1) is 20.9. The van der Waals surface area contributed by atoms with Crippen molar-refractivity contribution in [3.8, 4) is 5.75 Å². The SMILES string of the molecule is CCOC(=O)/C=C(C)/C=C/C[C@H](C)[C@H](O)c1ccc(OCCO)cc1. The highest BCUT2D eigenvalue weighted by Gasteiger charge is 2.15. The third-order valence-corrected chi connectivity index (χ3v) is 3.64. The molecular formula is C20H28O5. The number of carbonyl (C=O) groups excluding carboxylic acids is 1. The fourth-order valence-corrected chi connectivity index (χ4v) is 2.27. The van der Waals surface area contributed by atoms with Gasteiger partial charge in [-0.15, -0.1) is 0 Å². The molecule has 0 spiro atoms. The number of hydrogen-bond acceptors (Lipinski definition) is 5. The van der Waals surface area contributed by atoms with Gasteiger partial charge in [-0.05, 0) is 49.5 Å². The molecule has 0 saturated heterocycles. The summed E-state index contributed by atoms with van der Waals surface area (Å²) < 4.78 is 10.2. The molecule has 5 heteroatoms. The minimum absolute atomic E-state index is 0.0239. The van der Waals surface area contributed by atoms with Crippen molar-refractivity contribution in [1.29, 1.82) is 0 Å². The lowest BCUT2D eigenvalue weighted by Gasteiger charge is -2.18. The van der Waals surface area contributed by atoms with E-state index in [4.69, 9.17) is 14.6 Å². The van der Waals surface area contributed by atoms with E-state index in [1.807, 2.05) is 38.1 Å². The first-order chi connectivity index (χ1) is 12.0. The van der Waals surface area contributed by atoms with Gasteiger partial charge in [0, 0.05) is 6.08 Å². The molecule has 0 aromatic heterocycles. The normalized spacial score (nSPS) is 14.4. The zero-order valence-corrected chi connectivity index (χ0v) is 15.1. The molecule has 0 radical (unpaired) electrons. The second kappa shape index (κ2) is 11.4. The molecule has 0 bridgehead atoms. The van der Waals surface area contributed by atoms with Crippen molar-refractivity contribution >= 4 is 5.97 Å². The van der Waals surface area contributed by atoms with Crippen molar-refractivity contribution < 1.29 is 24.5 Å². The van der Waals surface area contributed by atoms with Crippen LogP contribution in [-0.2, 0) is 9.53 Å². The summed E-state index contributed by atoms with van der Waals surface area (Å²) in [7, 11) is 0. The molecule has 0 saturated carbocycles. The first-order valence-corrected chi connectivity index (χ1v) is 8.51. The number of carbonyl (C=O) groups is 1. The Morgan fingerprint density at radius 2 is 1.96 bits per heavy atom. The van der Waals surface area contributed by atoms with E-state index in [9.17, 15) is 9.90 Å². The molecule has 1 aromatic carbocycles. The molecule has 0 aliphatic carbocycles. The van der Waals surface area contributed by atoms with Crippen LogP contribution in [0.4, 0.5) is 0 Å². The fraction of sp³-hybridized carbons (Fsp3) is 0.450. The number of ether oxygens (including phenoxy) is 2. The highest BCUT2D eigenvalue weighted by Crippen LogP contribution is 2.26. The standard InChI is InChI=1S/C20H28O5/c1-4-24-19(22)14-15(2)6-5-7-16(3)20(23)17-8-10-18(11-9-17)25-13-12-21/h5-6,8-11,14,16,20-21,23H,4,7,12-13H2,1-3H3/b6-5+,15-14+/t16-,20-/m0/s1. The average Bonchev–Trinajstić information content (AvgIpc) is 2.59. The van der Waals surface area contributed by atoms with Crippen LogP contribution in [0.2, 0.25) is 0 Å². The van der Waals surface area contributed by atoms with Crippen molar-refractivity contribution in [3.63, 3.8) is 0 Å². The lowest BCUT2D eigenvalue weighted by Crippen LogP contribution is -2.08. The lowest BCUT2D eigenvalue weighted by molar-refractivity contribution is -0.137. The van der Waals surface area contributed by atoms with Gasteiger partial charge in [-0.25, -0.2) is 4.79 Å². The fourth-order valence-electron chi connectivity index (χ4n) is 2.27. The molecule has 0 aliphatic rings. The van der Waals surface area contributed by atoms with Crippen LogP contribution in [0.1, 0.15) is 38.9 Å². The molecule has 5 nitrogen and oxygen atoms in total. The second-order valence-electron chi connectivity index (χ2n) is 5.84. The predicted octanol–water partition coefficient (Wildman–Crippen LogP) is 3.18. The van der Waals surface area contributed by atoms with E-state index in [0.29, 0.717) is 18.8 Å². The highest BCUT2D eigenvalue weighted by molar-refractivity contribution is 5.83. The van der Waals surface area contributed by atoms with Gasteiger partial charge in [-0.3, -0.25) is 0 Å². The molecule has 25 heavy (non-hydrogen) atoms. The van der Waals surface area contributed by atoms with Gasteiger partial charge in [0.1, 0.15) is 12.4 Å². The number of rotatable bonds is 10. The van der Waals surface area contributed by atoms with Crippen LogP contribution in [-0.4, -0.2) is 36.0 Å². The Hall–Kier alpha value is -2.11. The Labute approximate surface area is 149 Å². The molecule has 0 unspecified atom stereocenters. The van der Waals surface area contributed by atoms with Gasteiger partial charge in [-0.2, -0.15) is 0 Å². The first-order valence-electron chi connectivity index (χ1n) is 8.51. The van der Waals surface area contributed by atoms with Crippen LogP contribution < -0.4 is 4.74 Å². The number of allylic oxidation sites excluding steroid dienone is 3. The van der Waals surface area contributed by atoms with Gasteiger partial charge in [0.25, 0.3) is 0 Å². The Balaban J connectivity index is 2.54. The molecule has 1 rings (SSSR count). The van der Waals surface area contributed by atoms with E-state index in [1.54, 1.807) is 19.1 Å². The monoisotopic (exact) mass is 348 g/mol. The molecule has 138 valence electrons. The molecule has 0 aliphatic heterocycles. The minimum Gasteiger partial charge on any atom is -0.491 e. The van der Waals surface area contributed by atoms with Gasteiger partial charge in [0.2, 0.25) is 0 Å². The second-order valence-corrected chi connectivity index (χ2v) is 5.84. The van der Waals surface area contributed by atoms with Crippen molar-refractivity contribution in [1.82, 2.24) is 0 Å². The van der Waals surface area contributed by atoms with Gasteiger partial charge in [0.05, 0.1) is 19.3 Å². The van der Waals surface area contributed by atoms with Gasteiger partial charge < -0.3 is 19.7 Å². The number of benzene rings is 1. The molecule has 2 atom stereocenters. The predicted molar refractivity (Wildman–Crippen MR) is 97.3 cm³/mol. The van der Waals surface area contributed by atoms with Crippen LogP contribution in [0.15, 0.2) is 48.1 Å². The third kappa shape index (κ3) is 8.01. The molecule has 0 heterocycles. The summed E-state index contributed by atoms with van der Waals surface area (Å²) in [6.45, 7) is 6.15. The highest BCUT2D eigenvalue weighted by atomic mass is 16.5. The van der Waals surface area contributed by atoms with Crippen LogP contribution >= 0.6 is 0 Å². The molecule has 0 amide bonds. The summed E-state index contributed by atoms with van der Waals surface area (Å²) in [5, 5.41) is 19.2. The Morgan fingerprint density at radius 3 is 2.56 bits per heavy atom. The molecule has 0 fully saturated rings. The number of aliphatic hydroxyl groups is 2. The van der Waals surface area contributed by atoms with Crippen molar-refractivity contribution in [2.75, 3.05) is 19.8 Å². The van der Waals surface area contributed by atoms with Gasteiger partial charge in [0.15, 0.2) is 0 Å². The maximum Gasteiger partial charge on any atom is 0.330 e. The summed E-state index contributed by atoms with van der Waals surface area (Å²) in [5.74, 6) is 0.342. The van der Waals surface area contributed by atoms with Crippen LogP contribution in [0.3, 0.4) is 0 Å². The topological polar surface area (TPSA) is 76.0 Å². The van der Waals surface area contributed by atoms with Crippen molar-refractivity contribution in [3.05, 3.63) is 53.6 Å². The number of aliphatic hydroxyl groups excluding tert-OH is 2. The number of esters is 1. The van der Waals surface area contributed by atoms with Crippen LogP contribution in [0, 0.1) is 5.92 Å². The van der Waals surface area contributed by atoms with Crippen LogP contribution in [0.25, 0.3) is 0 Å². The zero-order valence-electron chi connectivity index (χ0n) is 15.1. The zero-order chi connectivity index (χ0) is 18.7. The smallest absolute Gasteiger partial charge is 0.330 e. The molecular weight excluding hydrogens is 320 g/mol. The summed E-state index contributed by atoms with van der Waals surface area (Å²) in [6, 6.07) is 7.21. The summed E-state index contributed by atoms with van der Waals surface area (Å²) in [6.07, 6.45) is 5.33. The van der Waals surface area contributed by atoms with Crippen LogP contribution in [0.5, 0.6) is 5.75 Å². The van der Waals surface area contributed by atoms with Gasteiger partial charge >= 0.3 is 5.97 Å². The van der Waals surface area contributed by atoms with E-state index in [0.717, 1.165) is 11.1 Å². The van der Waals surface area contributed by atoms with E-state index >= 15 is 0 Å². The molecule has 1 aromatic rings. The number of hydrogen-bond donors (Lipinski definition) is 2. The van der Waals surface area contributed by atoms with E-state index in [1.165, 1.54) is 6.08 Å². The Bertz CT molecular complexity index is 574. The maximum atomic E-state index is 11.3. The van der Waals surface area contributed by atoms with E-state index in [2.05, 4.69) is 0 Å². The van der Waals surface area contributed by atoms with Crippen molar-refractivity contribution in [2.24, 2.45) is 5.92 Å². The maximum absolute atomic E-state index is 11.3. The summed E-state index contributed by atoms with van der Waals surface area (Å²) >= 11 is 0. The minimum atomic E-state index is -0.592. The largest absolute Gasteiger partial charge is 0.491 e. The van der Waals surface area contributed by atoms with E-state index in [-0.39, 0.29) is 25.1 Å². The van der Waals surface area contributed by atoms with Gasteiger partial charge in [-0.1, -0.05) is 31.2 Å². The Morgan fingerprint density at radius 1 is 1.28 bits per heavy atom. The third-order valence-electron chi connectivity index (χ3n) is 3.64. The lowest BCUT2D eigenvalue weighted by atomic mass is 9.94. The molecule has 2 N–H and O–H groups in total. The van der Waals surface area contributed by atoms with E-state index < -0.39 is 6.10 Å². The Kier molecular flexibility index (Phi) is 9.58. The average molecular weight is 348 g/mol. The quantitative estimate of drug-likeness (QED) is 0.386.